The molecule has 10 heteroatoms. The third-order valence-electron chi connectivity index (χ3n) is 8.16. The molecule has 2 atom stereocenters. The van der Waals surface area contributed by atoms with Crippen LogP contribution >= 0.6 is 22.9 Å². The van der Waals surface area contributed by atoms with Crippen molar-refractivity contribution in [1.82, 2.24) is 19.7 Å². The molecular formula is C34H35ClN4O4S. The summed E-state index contributed by atoms with van der Waals surface area (Å²) in [5, 5.41) is 17.7. The van der Waals surface area contributed by atoms with Crippen LogP contribution in [-0.2, 0) is 21.4 Å². The molecule has 1 unspecified atom stereocenters. The fourth-order valence-electron chi connectivity index (χ4n) is 6.16. The Hall–Kier alpha value is -3.79. The lowest BCUT2D eigenvalue weighted by Crippen LogP contribution is -2.28. The van der Waals surface area contributed by atoms with E-state index < -0.39 is 17.7 Å². The summed E-state index contributed by atoms with van der Waals surface area (Å²) in [6, 6.07) is 15.7. The number of carboxylic acid groups (broad SMARTS) is 1. The Morgan fingerprint density at radius 3 is 2.45 bits per heavy atom. The van der Waals surface area contributed by atoms with Crippen LogP contribution in [0.4, 0.5) is 0 Å². The maximum atomic E-state index is 12.7. The lowest BCUT2D eigenvalue weighted by molar-refractivity contribution is -0.160. The number of aromatic nitrogens is 3. The molecule has 0 saturated carbocycles. The Morgan fingerprint density at radius 2 is 1.82 bits per heavy atom. The number of aryl methyl sites for hydroxylation is 2. The molecule has 1 saturated heterocycles. The molecule has 1 aliphatic rings. The summed E-state index contributed by atoms with van der Waals surface area (Å²) < 4.78 is 8.93. The maximum Gasteiger partial charge on any atom is 0.337 e. The fraction of sp³-hybridized carbons (Fsp3) is 0.353. The lowest BCUT2D eigenvalue weighted by atomic mass is 9.91. The molecule has 0 spiro atoms. The van der Waals surface area contributed by atoms with Crippen LogP contribution in [0.3, 0.4) is 0 Å². The number of rotatable bonds is 6. The fourth-order valence-corrected chi connectivity index (χ4v) is 7.41. The minimum atomic E-state index is -1.18. The van der Waals surface area contributed by atoms with Gasteiger partial charge in [0.05, 0.1) is 27.0 Å². The summed E-state index contributed by atoms with van der Waals surface area (Å²) in [4.78, 5) is 31.6. The zero-order chi connectivity index (χ0) is 31.5. The van der Waals surface area contributed by atoms with Gasteiger partial charge in [-0.1, -0.05) is 23.7 Å². The van der Waals surface area contributed by atoms with E-state index in [1.54, 1.807) is 6.92 Å². The first-order chi connectivity index (χ1) is 20.8. The predicted molar refractivity (Wildman–Crippen MR) is 175 cm³/mol. The van der Waals surface area contributed by atoms with Crippen LogP contribution < -0.4 is 0 Å². The molecule has 1 amide bonds. The summed E-state index contributed by atoms with van der Waals surface area (Å²) in [5.74, 6) is -0.787. The van der Waals surface area contributed by atoms with Gasteiger partial charge >= 0.3 is 5.97 Å². The van der Waals surface area contributed by atoms with Crippen molar-refractivity contribution in [2.45, 2.75) is 58.7 Å². The molecule has 1 aliphatic heterocycles. The van der Waals surface area contributed by atoms with Gasteiger partial charge in [-0.25, -0.2) is 9.78 Å². The summed E-state index contributed by atoms with van der Waals surface area (Å²) in [6.07, 6.45) is -0.295. The van der Waals surface area contributed by atoms with E-state index in [0.29, 0.717) is 17.1 Å². The van der Waals surface area contributed by atoms with E-state index in [-0.39, 0.29) is 11.8 Å². The van der Waals surface area contributed by atoms with Gasteiger partial charge in [0.25, 0.3) is 0 Å². The van der Waals surface area contributed by atoms with E-state index in [9.17, 15) is 14.7 Å². The van der Waals surface area contributed by atoms with E-state index >= 15 is 0 Å². The molecule has 228 valence electrons. The van der Waals surface area contributed by atoms with Gasteiger partial charge in [-0.05, 0) is 81.6 Å². The number of aliphatic carboxylic acids is 1. The van der Waals surface area contributed by atoms with Crippen LogP contribution in [0.1, 0.15) is 63.0 Å². The highest BCUT2D eigenvalue weighted by molar-refractivity contribution is 7.22. The molecule has 0 radical (unpaired) electrons. The summed E-state index contributed by atoms with van der Waals surface area (Å²) in [7, 11) is 1.95. The van der Waals surface area contributed by atoms with Gasteiger partial charge in [0.2, 0.25) is 5.91 Å². The van der Waals surface area contributed by atoms with Crippen LogP contribution in [0.15, 0.2) is 48.5 Å². The van der Waals surface area contributed by atoms with Crippen molar-refractivity contribution in [3.63, 3.8) is 0 Å². The molecule has 6 rings (SSSR count). The molecular weight excluding hydrogens is 596 g/mol. The SMILES string of the molecule is CC(=O)N1CCC(c2nn(C)c3ccc(-c4nc5cc(C)c([C@H](OC(C)(C)C)C(=O)O)c(-c6ccc(Cl)cc6)c5s4)cc23)C1. The van der Waals surface area contributed by atoms with E-state index in [2.05, 4.69) is 18.2 Å². The third-order valence-corrected chi connectivity index (χ3v) is 9.55. The van der Waals surface area contributed by atoms with Crippen molar-refractivity contribution in [2.75, 3.05) is 13.1 Å². The van der Waals surface area contributed by atoms with Gasteiger partial charge in [0.1, 0.15) is 5.01 Å². The molecule has 44 heavy (non-hydrogen) atoms. The van der Waals surface area contributed by atoms with E-state index in [0.717, 1.165) is 67.0 Å². The van der Waals surface area contributed by atoms with Crippen LogP contribution in [-0.4, -0.2) is 55.3 Å². The monoisotopic (exact) mass is 630 g/mol. The van der Waals surface area contributed by atoms with Crippen LogP contribution in [0, 0.1) is 6.92 Å². The van der Waals surface area contributed by atoms with E-state index in [4.69, 9.17) is 26.4 Å². The highest BCUT2D eigenvalue weighted by Crippen LogP contribution is 2.45. The van der Waals surface area contributed by atoms with Gasteiger partial charge in [-0.3, -0.25) is 9.48 Å². The Labute approximate surface area is 265 Å². The van der Waals surface area contributed by atoms with Gasteiger partial charge < -0.3 is 14.7 Å². The van der Waals surface area contributed by atoms with Crippen molar-refractivity contribution in [1.29, 1.82) is 0 Å². The van der Waals surface area contributed by atoms with Crippen LogP contribution in [0.2, 0.25) is 5.02 Å². The number of likely N-dealkylation sites (tertiary alicyclic amines) is 1. The summed E-state index contributed by atoms with van der Waals surface area (Å²) >= 11 is 7.78. The smallest absolute Gasteiger partial charge is 0.337 e. The minimum absolute atomic E-state index is 0.0899. The molecule has 5 aromatic rings. The number of hydrogen-bond acceptors (Lipinski definition) is 6. The number of nitrogens with zero attached hydrogens (tertiary/aromatic N) is 4. The molecule has 1 N–H and O–H groups in total. The van der Waals surface area contributed by atoms with Crippen LogP contribution in [0.25, 0.3) is 42.8 Å². The number of halogens is 1. The van der Waals surface area contributed by atoms with Gasteiger partial charge in [0, 0.05) is 60.1 Å². The van der Waals surface area contributed by atoms with Crippen molar-refractivity contribution in [3.8, 4) is 21.7 Å². The first-order valence-corrected chi connectivity index (χ1v) is 15.8. The average molecular weight is 631 g/mol. The number of benzene rings is 3. The molecule has 2 aromatic heterocycles. The predicted octanol–water partition coefficient (Wildman–Crippen LogP) is 7.76. The lowest BCUT2D eigenvalue weighted by Gasteiger charge is -2.28. The maximum absolute atomic E-state index is 12.7. The average Bonchev–Trinajstić information content (AvgIpc) is 3.68. The Bertz CT molecular complexity index is 1920. The number of hydrogen-bond donors (Lipinski definition) is 1. The third kappa shape index (κ3) is 5.60. The number of thiazole rings is 1. The molecule has 0 aliphatic carbocycles. The van der Waals surface area contributed by atoms with Crippen molar-refractivity contribution < 1.29 is 19.4 Å². The Morgan fingerprint density at radius 1 is 1.11 bits per heavy atom. The van der Waals surface area contributed by atoms with E-state index in [1.807, 2.05) is 74.7 Å². The summed E-state index contributed by atoms with van der Waals surface area (Å²) in [5.41, 5.74) is 6.11. The molecule has 8 nitrogen and oxygen atoms in total. The first-order valence-electron chi connectivity index (χ1n) is 14.6. The first kappa shape index (κ1) is 30.2. The van der Waals surface area contributed by atoms with Crippen molar-refractivity contribution in [3.05, 3.63) is 70.4 Å². The number of carbonyl (C=O) groups excluding carboxylic acids is 1. The van der Waals surface area contributed by atoms with Gasteiger partial charge in [-0.15, -0.1) is 11.3 Å². The van der Waals surface area contributed by atoms with Crippen molar-refractivity contribution >= 4 is 55.9 Å². The van der Waals surface area contributed by atoms with E-state index in [1.165, 1.54) is 11.3 Å². The normalized spacial score (nSPS) is 16.2. The topological polar surface area (TPSA) is 97.5 Å². The number of carbonyl (C=O) groups is 2. The Balaban J connectivity index is 1.53. The molecule has 3 heterocycles. The van der Waals surface area contributed by atoms with Gasteiger partial charge in [-0.2, -0.15) is 5.10 Å². The standard InChI is InChI=1S/C34H35ClN4O4S/c1-18-15-25-31(28(20-7-10-23(35)11-8-20)27(18)30(33(41)42)43-34(3,4)5)44-32(36-25)21-9-12-26-24(16-21)29(37-38(26)6)22-13-14-39(17-22)19(2)40/h7-12,15-16,22,30H,13-14,17H2,1-6H3,(H,41,42)/t22?,30-/m0/s1. The highest BCUT2D eigenvalue weighted by atomic mass is 35.5. The molecule has 1 fully saturated rings. The quantitative estimate of drug-likeness (QED) is 0.206. The number of ether oxygens (including phenoxy) is 1. The zero-order valence-corrected chi connectivity index (χ0v) is 27.2. The minimum Gasteiger partial charge on any atom is -0.479 e. The zero-order valence-electron chi connectivity index (χ0n) is 25.6. The number of amides is 1. The Kier molecular flexibility index (Phi) is 7.76. The second-order valence-electron chi connectivity index (χ2n) is 12.5. The van der Waals surface area contributed by atoms with Crippen LogP contribution in [0.5, 0.6) is 0 Å². The largest absolute Gasteiger partial charge is 0.479 e. The second kappa shape index (κ2) is 11.3. The van der Waals surface area contributed by atoms with Crippen molar-refractivity contribution in [2.24, 2.45) is 7.05 Å². The highest BCUT2D eigenvalue weighted by Gasteiger charge is 2.33. The number of fused-ring (bicyclic) bond motifs is 2. The second-order valence-corrected chi connectivity index (χ2v) is 13.9. The number of carboxylic acids is 1. The molecule has 0 bridgehead atoms. The van der Waals surface area contributed by atoms with Gasteiger partial charge in [0.15, 0.2) is 6.10 Å². The summed E-state index contributed by atoms with van der Waals surface area (Å²) in [6.45, 7) is 10.5. The molecule has 3 aromatic carbocycles.